The molecule has 0 saturated carbocycles. The summed E-state index contributed by atoms with van der Waals surface area (Å²) < 4.78 is 31.7. The maximum absolute atomic E-state index is 12.8. The normalized spacial score (nSPS) is 11.4. The van der Waals surface area contributed by atoms with E-state index in [1.165, 1.54) is 26.3 Å². The summed E-state index contributed by atoms with van der Waals surface area (Å²) in [6.07, 6.45) is 0. The first-order valence-electron chi connectivity index (χ1n) is 6.47. The maximum atomic E-state index is 12.8. The summed E-state index contributed by atoms with van der Waals surface area (Å²) >= 11 is 18.2. The van der Waals surface area contributed by atoms with Crippen LogP contribution in [0, 0.1) is 6.92 Å². The van der Waals surface area contributed by atoms with Crippen molar-refractivity contribution in [1.29, 1.82) is 0 Å². The fourth-order valence-electron chi connectivity index (χ4n) is 1.93. The Labute approximate surface area is 150 Å². The predicted molar refractivity (Wildman–Crippen MR) is 94.8 cm³/mol. The van der Waals surface area contributed by atoms with Crippen molar-refractivity contribution in [3.63, 3.8) is 0 Å². The van der Waals surface area contributed by atoms with Gasteiger partial charge >= 0.3 is 0 Å². The minimum atomic E-state index is -3.90. The number of halogens is 3. The Hall–Kier alpha value is -1.14. The molecule has 0 fully saturated rings. The van der Waals surface area contributed by atoms with Crippen molar-refractivity contribution >= 4 is 50.5 Å². The van der Waals surface area contributed by atoms with Gasteiger partial charge in [-0.1, -0.05) is 40.9 Å². The number of nitrogens with zero attached hydrogens (tertiary/aromatic N) is 1. The lowest BCUT2D eigenvalue weighted by Gasteiger charge is -2.21. The third-order valence-corrected chi connectivity index (χ3v) is 6.60. The highest BCUT2D eigenvalue weighted by molar-refractivity contribution is 7.93. The summed E-state index contributed by atoms with van der Waals surface area (Å²) in [6.45, 7) is 1.83. The minimum absolute atomic E-state index is 0.0468. The van der Waals surface area contributed by atoms with Gasteiger partial charge in [0.2, 0.25) is 0 Å². The van der Waals surface area contributed by atoms with Crippen LogP contribution in [-0.2, 0) is 10.0 Å². The second kappa shape index (κ2) is 6.77. The molecule has 2 aromatic rings. The zero-order valence-corrected chi connectivity index (χ0v) is 15.7. The van der Waals surface area contributed by atoms with E-state index < -0.39 is 10.0 Å². The fraction of sp³-hybridized carbons (Fsp3) is 0.200. The Balaban J connectivity index is 2.53. The van der Waals surface area contributed by atoms with Crippen molar-refractivity contribution in [1.82, 2.24) is 0 Å². The van der Waals surface area contributed by atoms with Gasteiger partial charge in [-0.15, -0.1) is 0 Å². The van der Waals surface area contributed by atoms with Gasteiger partial charge in [0, 0.05) is 12.1 Å². The Bertz CT molecular complexity index is 853. The number of aryl methyl sites for hydroxylation is 1. The van der Waals surface area contributed by atoms with Gasteiger partial charge in [0.05, 0.1) is 17.8 Å². The first kappa shape index (κ1) is 18.2. The molecule has 4 nitrogen and oxygen atoms in total. The van der Waals surface area contributed by atoms with E-state index in [4.69, 9.17) is 39.5 Å². The molecule has 0 aromatic heterocycles. The minimum Gasteiger partial charge on any atom is -0.495 e. The van der Waals surface area contributed by atoms with Crippen LogP contribution in [0.3, 0.4) is 0 Å². The molecule has 124 valence electrons. The lowest BCUT2D eigenvalue weighted by atomic mass is 10.2. The van der Waals surface area contributed by atoms with Gasteiger partial charge in [-0.3, -0.25) is 4.31 Å². The molecule has 0 aliphatic heterocycles. The molecule has 0 amide bonds. The van der Waals surface area contributed by atoms with E-state index in [9.17, 15) is 8.42 Å². The molecule has 0 unspecified atom stereocenters. The molecular weight excluding hydrogens is 381 g/mol. The zero-order chi connectivity index (χ0) is 17.4. The highest BCUT2D eigenvalue weighted by Crippen LogP contribution is 2.38. The standard InChI is InChI=1S/C15H14Cl3NO3S/c1-9-4-5-10(8-11(9)16)19(2)23(20,21)13-7-6-12(22-3)14(17)15(13)18/h4-8H,1-3H3. The first-order valence-corrected chi connectivity index (χ1v) is 9.04. The van der Waals surface area contributed by atoms with Crippen molar-refractivity contribution in [2.24, 2.45) is 0 Å². The molecule has 8 heteroatoms. The number of ether oxygens (including phenoxy) is 1. The number of benzene rings is 2. The largest absolute Gasteiger partial charge is 0.495 e. The summed E-state index contributed by atoms with van der Waals surface area (Å²) in [7, 11) is -1.05. The highest BCUT2D eigenvalue weighted by Gasteiger charge is 2.26. The quantitative estimate of drug-likeness (QED) is 0.749. The van der Waals surface area contributed by atoms with Crippen molar-refractivity contribution < 1.29 is 13.2 Å². The molecule has 23 heavy (non-hydrogen) atoms. The monoisotopic (exact) mass is 393 g/mol. The molecule has 0 spiro atoms. The van der Waals surface area contributed by atoms with Crippen molar-refractivity contribution in [2.45, 2.75) is 11.8 Å². The van der Waals surface area contributed by atoms with Gasteiger partial charge in [-0.05, 0) is 36.8 Å². The maximum Gasteiger partial charge on any atom is 0.265 e. The first-order chi connectivity index (χ1) is 10.7. The number of hydrogen-bond donors (Lipinski definition) is 0. The molecule has 0 bridgehead atoms. The summed E-state index contributed by atoms with van der Waals surface area (Å²) in [6, 6.07) is 7.79. The van der Waals surface area contributed by atoms with E-state index in [0.29, 0.717) is 16.5 Å². The van der Waals surface area contributed by atoms with Crippen molar-refractivity contribution in [3.05, 3.63) is 51.0 Å². The zero-order valence-electron chi connectivity index (χ0n) is 12.6. The van der Waals surface area contributed by atoms with Crippen LogP contribution in [-0.4, -0.2) is 22.6 Å². The van der Waals surface area contributed by atoms with Crippen LogP contribution in [0.1, 0.15) is 5.56 Å². The van der Waals surface area contributed by atoms with Crippen LogP contribution in [0.5, 0.6) is 5.75 Å². The number of methoxy groups -OCH3 is 1. The lowest BCUT2D eigenvalue weighted by molar-refractivity contribution is 0.414. The average Bonchev–Trinajstić information content (AvgIpc) is 2.51. The van der Waals surface area contributed by atoms with Gasteiger partial charge in [0.25, 0.3) is 10.0 Å². The van der Waals surface area contributed by atoms with E-state index in [-0.39, 0.29) is 14.9 Å². The topological polar surface area (TPSA) is 46.6 Å². The number of anilines is 1. The van der Waals surface area contributed by atoms with Crippen LogP contribution in [0.15, 0.2) is 35.2 Å². The average molecular weight is 395 g/mol. The number of hydrogen-bond acceptors (Lipinski definition) is 3. The molecule has 0 N–H and O–H groups in total. The van der Waals surface area contributed by atoms with Crippen LogP contribution in [0.4, 0.5) is 5.69 Å². The van der Waals surface area contributed by atoms with Crippen LogP contribution in [0.25, 0.3) is 0 Å². The molecule has 0 aliphatic carbocycles. The van der Waals surface area contributed by atoms with Crippen LogP contribution >= 0.6 is 34.8 Å². The summed E-state index contributed by atoms with van der Waals surface area (Å²) in [5.74, 6) is 0.302. The van der Waals surface area contributed by atoms with E-state index in [1.807, 2.05) is 6.92 Å². The van der Waals surface area contributed by atoms with E-state index in [2.05, 4.69) is 0 Å². The molecule has 0 aliphatic rings. The van der Waals surface area contributed by atoms with Gasteiger partial charge in [-0.25, -0.2) is 8.42 Å². The number of sulfonamides is 1. The van der Waals surface area contributed by atoms with Gasteiger partial charge in [-0.2, -0.15) is 0 Å². The van der Waals surface area contributed by atoms with E-state index >= 15 is 0 Å². The molecule has 0 saturated heterocycles. The second-order valence-electron chi connectivity index (χ2n) is 4.80. The fourth-order valence-corrected chi connectivity index (χ4v) is 4.11. The molecular formula is C15H14Cl3NO3S. The number of rotatable bonds is 4. The highest BCUT2D eigenvalue weighted by atomic mass is 35.5. The SMILES string of the molecule is COc1ccc(S(=O)(=O)N(C)c2ccc(C)c(Cl)c2)c(Cl)c1Cl. The Morgan fingerprint density at radius 1 is 1.04 bits per heavy atom. The predicted octanol–water partition coefficient (Wildman–Crippen LogP) is 4.79. The second-order valence-corrected chi connectivity index (χ2v) is 7.90. The smallest absolute Gasteiger partial charge is 0.265 e. The Morgan fingerprint density at radius 2 is 1.70 bits per heavy atom. The van der Waals surface area contributed by atoms with Gasteiger partial charge in [0.1, 0.15) is 15.7 Å². The van der Waals surface area contributed by atoms with Crippen molar-refractivity contribution in [2.75, 3.05) is 18.5 Å². The Kier molecular flexibility index (Phi) is 5.36. The van der Waals surface area contributed by atoms with Crippen LogP contribution in [0.2, 0.25) is 15.1 Å². The summed E-state index contributed by atoms with van der Waals surface area (Å²) in [5, 5.41) is 0.435. The van der Waals surface area contributed by atoms with E-state index in [1.54, 1.807) is 18.2 Å². The Morgan fingerprint density at radius 3 is 2.26 bits per heavy atom. The third-order valence-electron chi connectivity index (χ3n) is 3.39. The summed E-state index contributed by atoms with van der Waals surface area (Å²) in [5.41, 5.74) is 1.27. The molecule has 0 heterocycles. The van der Waals surface area contributed by atoms with E-state index in [0.717, 1.165) is 9.87 Å². The molecule has 0 radical (unpaired) electrons. The van der Waals surface area contributed by atoms with Gasteiger partial charge < -0.3 is 4.74 Å². The van der Waals surface area contributed by atoms with Gasteiger partial charge in [0.15, 0.2) is 0 Å². The van der Waals surface area contributed by atoms with Crippen LogP contribution < -0.4 is 9.04 Å². The third kappa shape index (κ3) is 3.38. The molecule has 0 atom stereocenters. The molecule has 2 rings (SSSR count). The molecule has 2 aromatic carbocycles. The van der Waals surface area contributed by atoms with Crippen molar-refractivity contribution in [3.8, 4) is 5.75 Å². The summed E-state index contributed by atoms with van der Waals surface area (Å²) in [4.78, 5) is -0.107. The lowest BCUT2D eigenvalue weighted by Crippen LogP contribution is -2.26.